The molecule has 7 heteroatoms. The molecule has 3 heterocycles. The lowest BCUT2D eigenvalue weighted by molar-refractivity contribution is 0.101. The van der Waals surface area contributed by atoms with Gasteiger partial charge in [-0.1, -0.05) is 18.2 Å². The molecular formula is C19H13N5OS. The zero-order valence-corrected chi connectivity index (χ0v) is 14.3. The Hall–Kier alpha value is -3.45. The number of rotatable bonds is 3. The number of benzene rings is 2. The zero-order chi connectivity index (χ0) is 17.5. The Kier molecular flexibility index (Phi) is 3.32. The summed E-state index contributed by atoms with van der Waals surface area (Å²) in [5.74, 6) is 0.000776. The molecule has 0 radical (unpaired) electrons. The quantitative estimate of drug-likeness (QED) is 0.446. The van der Waals surface area contributed by atoms with E-state index in [4.69, 9.17) is 0 Å². The standard InChI is InChI=1S/C19H13N5OS/c25-19(18-20-5-6-21-18)23-13-7-12-10-22-24-17(12)14(9-13)16-8-11-3-1-2-4-15(11)26-16/h1-10H,(H,20,21)(H,22,24)(H,23,25). The highest BCUT2D eigenvalue weighted by atomic mass is 32.1. The van der Waals surface area contributed by atoms with Crippen LogP contribution in [0.1, 0.15) is 10.6 Å². The van der Waals surface area contributed by atoms with E-state index in [0.29, 0.717) is 5.69 Å². The first-order valence-electron chi connectivity index (χ1n) is 8.05. The molecule has 6 nitrogen and oxygen atoms in total. The number of nitrogens with zero attached hydrogens (tertiary/aromatic N) is 2. The molecule has 0 fully saturated rings. The summed E-state index contributed by atoms with van der Waals surface area (Å²) >= 11 is 1.71. The van der Waals surface area contributed by atoms with E-state index >= 15 is 0 Å². The van der Waals surface area contributed by atoms with E-state index in [-0.39, 0.29) is 11.7 Å². The molecular weight excluding hydrogens is 346 g/mol. The van der Waals surface area contributed by atoms with Gasteiger partial charge in [0.1, 0.15) is 0 Å². The van der Waals surface area contributed by atoms with Crippen molar-refractivity contribution in [3.63, 3.8) is 0 Å². The van der Waals surface area contributed by atoms with Crippen molar-refractivity contribution in [3.8, 4) is 10.4 Å². The lowest BCUT2D eigenvalue weighted by Gasteiger charge is -2.07. The average Bonchev–Trinajstić information content (AvgIpc) is 3.39. The second kappa shape index (κ2) is 5.82. The second-order valence-corrected chi connectivity index (χ2v) is 6.98. The van der Waals surface area contributed by atoms with E-state index in [0.717, 1.165) is 21.3 Å². The van der Waals surface area contributed by atoms with Gasteiger partial charge in [0, 0.05) is 38.6 Å². The van der Waals surface area contributed by atoms with Crippen molar-refractivity contribution in [2.45, 2.75) is 0 Å². The Morgan fingerprint density at radius 3 is 2.88 bits per heavy atom. The van der Waals surface area contributed by atoms with Crippen LogP contribution in [0.4, 0.5) is 5.69 Å². The molecule has 3 N–H and O–H groups in total. The minimum atomic E-state index is -0.278. The van der Waals surface area contributed by atoms with Crippen LogP contribution in [0, 0.1) is 0 Å². The number of aromatic amines is 2. The topological polar surface area (TPSA) is 86.5 Å². The van der Waals surface area contributed by atoms with Gasteiger partial charge < -0.3 is 10.3 Å². The Bertz CT molecular complexity index is 1200. The van der Waals surface area contributed by atoms with Crippen LogP contribution in [0.5, 0.6) is 0 Å². The van der Waals surface area contributed by atoms with Crippen LogP contribution in [0.25, 0.3) is 31.4 Å². The minimum absolute atomic E-state index is 0.278. The number of hydrogen-bond donors (Lipinski definition) is 3. The highest BCUT2D eigenvalue weighted by Gasteiger charge is 2.14. The summed E-state index contributed by atoms with van der Waals surface area (Å²) in [7, 11) is 0. The summed E-state index contributed by atoms with van der Waals surface area (Å²) < 4.78 is 1.22. The molecule has 0 aliphatic rings. The van der Waals surface area contributed by atoms with Crippen molar-refractivity contribution in [1.29, 1.82) is 0 Å². The summed E-state index contributed by atoms with van der Waals surface area (Å²) in [6.45, 7) is 0. The molecule has 0 bridgehead atoms. The molecule has 3 aromatic heterocycles. The van der Waals surface area contributed by atoms with E-state index in [9.17, 15) is 4.79 Å². The number of nitrogens with one attached hydrogen (secondary N) is 3. The van der Waals surface area contributed by atoms with Gasteiger partial charge in [0.2, 0.25) is 0 Å². The number of thiophene rings is 1. The van der Waals surface area contributed by atoms with Crippen LogP contribution in [-0.4, -0.2) is 26.1 Å². The predicted octanol–water partition coefficient (Wildman–Crippen LogP) is 4.42. The van der Waals surface area contributed by atoms with Gasteiger partial charge in [0.25, 0.3) is 5.91 Å². The number of anilines is 1. The molecule has 2 aromatic carbocycles. The van der Waals surface area contributed by atoms with E-state index in [1.54, 1.807) is 29.9 Å². The SMILES string of the molecule is O=C(Nc1cc(-c2cc3ccccc3s2)c2[nH]ncc2c1)c1ncc[nH]1. The molecule has 0 aliphatic carbocycles. The van der Waals surface area contributed by atoms with E-state index < -0.39 is 0 Å². The van der Waals surface area contributed by atoms with Gasteiger partial charge >= 0.3 is 0 Å². The lowest BCUT2D eigenvalue weighted by Crippen LogP contribution is -2.13. The van der Waals surface area contributed by atoms with Crippen molar-refractivity contribution in [1.82, 2.24) is 20.2 Å². The van der Waals surface area contributed by atoms with Gasteiger partial charge in [-0.25, -0.2) is 4.98 Å². The number of imidazole rings is 1. The molecule has 0 saturated heterocycles. The van der Waals surface area contributed by atoms with E-state index in [1.165, 1.54) is 10.1 Å². The summed E-state index contributed by atoms with van der Waals surface area (Å²) in [4.78, 5) is 20.2. The first-order valence-corrected chi connectivity index (χ1v) is 8.86. The number of aromatic nitrogens is 4. The smallest absolute Gasteiger partial charge is 0.291 e. The molecule has 126 valence electrons. The van der Waals surface area contributed by atoms with Gasteiger partial charge in [-0.15, -0.1) is 11.3 Å². The van der Waals surface area contributed by atoms with E-state index in [1.807, 2.05) is 24.3 Å². The van der Waals surface area contributed by atoms with E-state index in [2.05, 4.69) is 43.7 Å². The normalized spacial score (nSPS) is 11.2. The molecule has 1 amide bonds. The van der Waals surface area contributed by atoms with Crippen LogP contribution in [0.15, 0.2) is 61.1 Å². The van der Waals surface area contributed by atoms with Gasteiger partial charge in [0.05, 0.1) is 11.7 Å². The summed E-state index contributed by atoms with van der Waals surface area (Å²) in [5, 5.41) is 12.3. The first kappa shape index (κ1) is 14.9. The molecule has 0 spiro atoms. The fourth-order valence-corrected chi connectivity index (χ4v) is 4.10. The van der Waals surface area contributed by atoms with Gasteiger partial charge in [-0.2, -0.15) is 5.10 Å². The number of fused-ring (bicyclic) bond motifs is 2. The number of H-pyrrole nitrogens is 2. The third-order valence-electron chi connectivity index (χ3n) is 4.21. The molecule has 0 saturated carbocycles. The lowest BCUT2D eigenvalue weighted by atomic mass is 10.1. The molecule has 26 heavy (non-hydrogen) atoms. The van der Waals surface area contributed by atoms with Crippen molar-refractivity contribution in [3.05, 3.63) is 66.9 Å². The third kappa shape index (κ3) is 2.46. The summed E-state index contributed by atoms with van der Waals surface area (Å²) in [6, 6.07) is 14.3. The zero-order valence-electron chi connectivity index (χ0n) is 13.5. The fraction of sp³-hybridized carbons (Fsp3) is 0. The Morgan fingerprint density at radius 2 is 2.04 bits per heavy atom. The van der Waals surface area contributed by atoms with Crippen LogP contribution >= 0.6 is 11.3 Å². The van der Waals surface area contributed by atoms with Crippen LogP contribution in [-0.2, 0) is 0 Å². The number of amides is 1. The van der Waals surface area contributed by atoms with Crippen LogP contribution in [0.2, 0.25) is 0 Å². The molecule has 5 aromatic rings. The monoisotopic (exact) mass is 359 g/mol. The minimum Gasteiger partial charge on any atom is -0.341 e. The Labute approximate surface area is 151 Å². The third-order valence-corrected chi connectivity index (χ3v) is 5.36. The van der Waals surface area contributed by atoms with Gasteiger partial charge in [0.15, 0.2) is 5.82 Å². The number of hydrogen-bond acceptors (Lipinski definition) is 4. The molecule has 5 rings (SSSR count). The Balaban J connectivity index is 1.62. The highest BCUT2D eigenvalue weighted by molar-refractivity contribution is 7.22. The fourth-order valence-electron chi connectivity index (χ4n) is 3.02. The average molecular weight is 359 g/mol. The second-order valence-electron chi connectivity index (χ2n) is 5.90. The first-order chi connectivity index (χ1) is 12.8. The molecule has 0 unspecified atom stereocenters. The summed E-state index contributed by atoms with van der Waals surface area (Å²) in [5.41, 5.74) is 2.66. The van der Waals surface area contributed by atoms with Crippen molar-refractivity contribution < 1.29 is 4.79 Å². The maximum absolute atomic E-state index is 12.3. The van der Waals surface area contributed by atoms with Crippen molar-refractivity contribution in [2.24, 2.45) is 0 Å². The number of carbonyl (C=O) groups is 1. The maximum Gasteiger partial charge on any atom is 0.291 e. The van der Waals surface area contributed by atoms with Crippen LogP contribution in [0.3, 0.4) is 0 Å². The predicted molar refractivity (Wildman–Crippen MR) is 103 cm³/mol. The highest BCUT2D eigenvalue weighted by Crippen LogP contribution is 2.38. The summed E-state index contributed by atoms with van der Waals surface area (Å²) in [6.07, 6.45) is 4.93. The Morgan fingerprint density at radius 1 is 1.12 bits per heavy atom. The van der Waals surface area contributed by atoms with Gasteiger partial charge in [-0.3, -0.25) is 9.89 Å². The molecule has 0 atom stereocenters. The van der Waals surface area contributed by atoms with Crippen molar-refractivity contribution >= 4 is 43.9 Å². The largest absolute Gasteiger partial charge is 0.341 e. The maximum atomic E-state index is 12.3. The van der Waals surface area contributed by atoms with Crippen LogP contribution < -0.4 is 5.32 Å². The number of carbonyl (C=O) groups excluding carboxylic acids is 1. The molecule has 0 aliphatic heterocycles. The van der Waals surface area contributed by atoms with Crippen molar-refractivity contribution in [2.75, 3.05) is 5.32 Å². The van der Waals surface area contributed by atoms with Gasteiger partial charge in [-0.05, 0) is 29.7 Å².